The predicted octanol–water partition coefficient (Wildman–Crippen LogP) is 3.08. The molecule has 4 unspecified atom stereocenters. The Morgan fingerprint density at radius 3 is 2.65 bits per heavy atom. The Kier molecular flexibility index (Phi) is 3.06. The molecule has 1 saturated carbocycles. The maximum absolute atomic E-state index is 10.9. The lowest BCUT2D eigenvalue weighted by molar-refractivity contribution is -0.0763. The molecule has 2 nitrogen and oxygen atoms in total. The first-order valence-corrected chi connectivity index (χ1v) is 8.79. The fraction of sp³-hybridized carbons (Fsp3) is 0.619. The van der Waals surface area contributed by atoms with Crippen LogP contribution in [0.4, 0.5) is 0 Å². The standard InChI is InChI=1S/C21H26O2/c1-4-21(23)12-9-18-16-6-5-14-13-15(22)7-10-19(14,2)17(16)8-11-20(18,21)3/h1,5-7,9-10,12,14-18,22-23H,8,11,13H2,2-3H3/t14?,15-,16?,17?,18?,19-,20-,21-/m0/s1. The lowest BCUT2D eigenvalue weighted by Gasteiger charge is -2.57. The molecule has 4 aliphatic carbocycles. The average Bonchev–Trinajstić information content (AvgIpc) is 2.80. The zero-order valence-corrected chi connectivity index (χ0v) is 13.9. The fourth-order valence-electron chi connectivity index (χ4n) is 5.88. The third-order valence-electron chi connectivity index (χ3n) is 7.56. The largest absolute Gasteiger partial charge is 0.389 e. The van der Waals surface area contributed by atoms with Crippen molar-refractivity contribution in [2.24, 2.45) is 34.5 Å². The highest BCUT2D eigenvalue weighted by Gasteiger charge is 2.61. The smallest absolute Gasteiger partial charge is 0.149 e. The zero-order chi connectivity index (χ0) is 16.5. The van der Waals surface area contributed by atoms with E-state index in [9.17, 15) is 10.2 Å². The van der Waals surface area contributed by atoms with Crippen LogP contribution in [0.3, 0.4) is 0 Å². The number of terminal acetylenes is 1. The van der Waals surface area contributed by atoms with Gasteiger partial charge in [0.15, 0.2) is 0 Å². The summed E-state index contributed by atoms with van der Waals surface area (Å²) in [6.07, 6.45) is 21.1. The molecular formula is C21H26O2. The number of hydrogen-bond donors (Lipinski definition) is 2. The maximum atomic E-state index is 10.9. The van der Waals surface area contributed by atoms with Gasteiger partial charge in [-0.3, -0.25) is 0 Å². The third-order valence-corrected chi connectivity index (χ3v) is 7.56. The number of hydrogen-bond acceptors (Lipinski definition) is 2. The summed E-state index contributed by atoms with van der Waals surface area (Å²) in [7, 11) is 0. The Labute approximate surface area is 139 Å². The summed E-state index contributed by atoms with van der Waals surface area (Å²) >= 11 is 0. The molecule has 0 aromatic heterocycles. The summed E-state index contributed by atoms with van der Waals surface area (Å²) in [6, 6.07) is 0. The molecular weight excluding hydrogens is 284 g/mol. The van der Waals surface area contributed by atoms with Gasteiger partial charge in [0.1, 0.15) is 5.60 Å². The lowest BCUT2D eigenvalue weighted by Crippen LogP contribution is -2.54. The second-order valence-corrected chi connectivity index (χ2v) is 8.46. The molecule has 1 fully saturated rings. The molecule has 2 N–H and O–H groups in total. The van der Waals surface area contributed by atoms with E-state index in [-0.39, 0.29) is 22.9 Å². The average molecular weight is 310 g/mol. The van der Waals surface area contributed by atoms with E-state index < -0.39 is 5.60 Å². The molecule has 0 aromatic rings. The van der Waals surface area contributed by atoms with E-state index in [0.717, 1.165) is 19.3 Å². The van der Waals surface area contributed by atoms with Crippen LogP contribution >= 0.6 is 0 Å². The molecule has 0 amide bonds. The van der Waals surface area contributed by atoms with Gasteiger partial charge in [0.25, 0.3) is 0 Å². The summed E-state index contributed by atoms with van der Waals surface area (Å²) in [5.74, 6) is 4.30. The van der Waals surface area contributed by atoms with Gasteiger partial charge in [-0.15, -0.1) is 6.42 Å². The SMILES string of the molecule is C#C[C@]1(O)C=CC2C3C=CC4C[C@@H](O)C=C[C@]4(C)C3CC[C@@]21C. The molecule has 4 aliphatic rings. The first-order valence-electron chi connectivity index (χ1n) is 8.79. The molecule has 2 heteroatoms. The van der Waals surface area contributed by atoms with E-state index in [4.69, 9.17) is 6.42 Å². The predicted molar refractivity (Wildman–Crippen MR) is 91.2 cm³/mol. The van der Waals surface area contributed by atoms with Gasteiger partial charge >= 0.3 is 0 Å². The highest BCUT2D eigenvalue weighted by Crippen LogP contribution is 2.63. The van der Waals surface area contributed by atoms with Crippen molar-refractivity contribution in [3.63, 3.8) is 0 Å². The monoisotopic (exact) mass is 310 g/mol. The molecule has 8 atom stereocenters. The summed E-state index contributed by atoms with van der Waals surface area (Å²) in [5.41, 5.74) is -1.29. The van der Waals surface area contributed by atoms with E-state index in [0.29, 0.717) is 17.8 Å². The van der Waals surface area contributed by atoms with Crippen molar-refractivity contribution in [3.8, 4) is 12.3 Å². The van der Waals surface area contributed by atoms with Gasteiger partial charge < -0.3 is 10.2 Å². The van der Waals surface area contributed by atoms with Crippen molar-refractivity contribution in [2.45, 2.75) is 44.8 Å². The van der Waals surface area contributed by atoms with Crippen LogP contribution in [-0.4, -0.2) is 21.9 Å². The molecule has 0 heterocycles. The minimum Gasteiger partial charge on any atom is -0.389 e. The quantitative estimate of drug-likeness (QED) is 0.533. The molecule has 122 valence electrons. The Morgan fingerprint density at radius 2 is 1.91 bits per heavy atom. The van der Waals surface area contributed by atoms with E-state index in [1.165, 1.54) is 0 Å². The summed E-state index contributed by atoms with van der Waals surface area (Å²) in [6.45, 7) is 4.49. The van der Waals surface area contributed by atoms with Crippen molar-refractivity contribution >= 4 is 0 Å². The van der Waals surface area contributed by atoms with Crippen LogP contribution in [-0.2, 0) is 0 Å². The lowest BCUT2D eigenvalue weighted by atomic mass is 9.47. The van der Waals surface area contributed by atoms with E-state index in [1.807, 2.05) is 12.2 Å². The summed E-state index contributed by atoms with van der Waals surface area (Å²) in [5, 5.41) is 20.8. The molecule has 4 rings (SSSR count). The van der Waals surface area contributed by atoms with Gasteiger partial charge in [-0.25, -0.2) is 0 Å². The highest BCUT2D eigenvalue weighted by atomic mass is 16.3. The van der Waals surface area contributed by atoms with E-state index in [2.05, 4.69) is 44.1 Å². The van der Waals surface area contributed by atoms with Crippen molar-refractivity contribution in [2.75, 3.05) is 0 Å². The molecule has 0 aromatic carbocycles. The van der Waals surface area contributed by atoms with Crippen LogP contribution in [0.2, 0.25) is 0 Å². The van der Waals surface area contributed by atoms with Crippen LogP contribution in [0.25, 0.3) is 0 Å². The third kappa shape index (κ3) is 1.78. The van der Waals surface area contributed by atoms with Crippen molar-refractivity contribution in [1.82, 2.24) is 0 Å². The second kappa shape index (κ2) is 4.62. The maximum Gasteiger partial charge on any atom is 0.149 e. The van der Waals surface area contributed by atoms with Gasteiger partial charge in [-0.05, 0) is 54.4 Å². The van der Waals surface area contributed by atoms with Gasteiger partial charge in [0.05, 0.1) is 6.10 Å². The Hall–Kier alpha value is -1.30. The van der Waals surface area contributed by atoms with Gasteiger partial charge in [-0.1, -0.05) is 50.1 Å². The molecule has 0 radical (unpaired) electrons. The topological polar surface area (TPSA) is 40.5 Å². The minimum absolute atomic E-state index is 0.102. The van der Waals surface area contributed by atoms with Crippen molar-refractivity contribution < 1.29 is 10.2 Å². The Bertz CT molecular complexity index is 653. The summed E-state index contributed by atoms with van der Waals surface area (Å²) < 4.78 is 0. The number of aliphatic hydroxyl groups is 2. The van der Waals surface area contributed by atoms with Gasteiger partial charge in [0.2, 0.25) is 0 Å². The second-order valence-electron chi connectivity index (χ2n) is 8.46. The van der Waals surface area contributed by atoms with Crippen molar-refractivity contribution in [1.29, 1.82) is 0 Å². The molecule has 0 saturated heterocycles. The van der Waals surface area contributed by atoms with Crippen LogP contribution in [0.5, 0.6) is 0 Å². The van der Waals surface area contributed by atoms with E-state index >= 15 is 0 Å². The fourth-order valence-corrected chi connectivity index (χ4v) is 5.88. The number of allylic oxidation sites excluding steroid dienone is 4. The zero-order valence-electron chi connectivity index (χ0n) is 13.9. The van der Waals surface area contributed by atoms with Crippen LogP contribution in [0, 0.1) is 46.8 Å². The number of rotatable bonds is 0. The number of aliphatic hydroxyl groups excluding tert-OH is 1. The van der Waals surface area contributed by atoms with E-state index in [1.54, 1.807) is 0 Å². The highest BCUT2D eigenvalue weighted by molar-refractivity contribution is 5.37. The molecule has 0 bridgehead atoms. The van der Waals surface area contributed by atoms with Crippen molar-refractivity contribution in [3.05, 3.63) is 36.5 Å². The number of fused-ring (bicyclic) bond motifs is 5. The van der Waals surface area contributed by atoms with Crippen LogP contribution < -0.4 is 0 Å². The first kappa shape index (κ1) is 15.2. The molecule has 0 aliphatic heterocycles. The molecule has 23 heavy (non-hydrogen) atoms. The molecule has 0 spiro atoms. The first-order chi connectivity index (χ1) is 10.8. The van der Waals surface area contributed by atoms with Crippen LogP contribution in [0.15, 0.2) is 36.5 Å². The summed E-state index contributed by atoms with van der Waals surface area (Å²) in [4.78, 5) is 0. The normalized spacial score (nSPS) is 56.6. The Morgan fingerprint density at radius 1 is 1.13 bits per heavy atom. The van der Waals surface area contributed by atoms with Gasteiger partial charge in [-0.2, -0.15) is 0 Å². The van der Waals surface area contributed by atoms with Crippen LogP contribution in [0.1, 0.15) is 33.1 Å². The van der Waals surface area contributed by atoms with Gasteiger partial charge in [0, 0.05) is 5.41 Å². The Balaban J connectivity index is 1.74. The minimum atomic E-state index is -1.12.